The molecule has 172 valence electrons. The summed E-state index contributed by atoms with van der Waals surface area (Å²) in [5.74, 6) is 0.405. The molecule has 0 aromatic heterocycles. The van der Waals surface area contributed by atoms with E-state index in [1.165, 1.54) is 18.2 Å². The third-order valence-corrected chi connectivity index (χ3v) is 35.9. The van der Waals surface area contributed by atoms with Gasteiger partial charge in [0.05, 0.1) is 16.0 Å². The highest BCUT2D eigenvalue weighted by Crippen LogP contribution is 3.04. The lowest BCUT2D eigenvalue weighted by Gasteiger charge is -2.40. The van der Waals surface area contributed by atoms with Crippen molar-refractivity contribution in [3.8, 4) is 17.2 Å². The number of phenols is 1. The smallest absolute Gasteiger partial charge is 0.344 e. The van der Waals surface area contributed by atoms with Crippen LogP contribution < -0.4 is 25.8 Å². The zero-order valence-electron chi connectivity index (χ0n) is 17.2. The molecule has 0 aliphatic carbocycles. The van der Waals surface area contributed by atoms with Crippen LogP contribution in [-0.2, 0) is 28.4 Å². The van der Waals surface area contributed by atoms with E-state index in [2.05, 4.69) is 0 Å². The summed E-state index contributed by atoms with van der Waals surface area (Å²) >= 11 is 15.4. The van der Waals surface area contributed by atoms with Crippen molar-refractivity contribution in [3.05, 3.63) is 72.3 Å². The SMILES string of the molecule is COc1ccc(P2(=S)SP(=S)(c3ccc(OCOC(=O)c4ccc(N)cc4O)cc3)S2)cc1. The first-order chi connectivity index (χ1) is 15.7. The Hall–Kier alpha value is -1.67. The number of phenolic OH excluding ortho intramolecular Hbond substituents is 1. The van der Waals surface area contributed by atoms with Crippen LogP contribution in [0.2, 0.25) is 0 Å². The van der Waals surface area contributed by atoms with Gasteiger partial charge >= 0.3 is 5.97 Å². The van der Waals surface area contributed by atoms with Gasteiger partial charge in [-0.3, -0.25) is 0 Å². The van der Waals surface area contributed by atoms with E-state index in [0.717, 1.165) is 16.4 Å². The second-order valence-corrected chi connectivity index (χ2v) is 28.1. The number of aromatic hydroxyl groups is 1. The van der Waals surface area contributed by atoms with Crippen LogP contribution in [0.1, 0.15) is 10.4 Å². The molecular weight excluding hydrogens is 536 g/mol. The topological polar surface area (TPSA) is 91.0 Å². The Morgan fingerprint density at radius 3 is 2.00 bits per heavy atom. The molecule has 6 nitrogen and oxygen atoms in total. The molecule has 0 atom stereocenters. The van der Waals surface area contributed by atoms with Crippen LogP contribution >= 0.6 is 30.9 Å². The van der Waals surface area contributed by atoms with Crippen molar-refractivity contribution in [2.24, 2.45) is 0 Å². The van der Waals surface area contributed by atoms with Crippen LogP contribution in [0.15, 0.2) is 66.7 Å². The van der Waals surface area contributed by atoms with Gasteiger partial charge in [-0.25, -0.2) is 4.79 Å². The highest BCUT2D eigenvalue weighted by molar-refractivity contribution is 9.48. The number of carbonyl (C=O) groups is 1. The maximum absolute atomic E-state index is 12.1. The van der Waals surface area contributed by atoms with E-state index < -0.39 is 14.9 Å². The Morgan fingerprint density at radius 2 is 1.48 bits per heavy atom. The fraction of sp³-hybridized carbons (Fsp3) is 0.0952. The maximum atomic E-state index is 12.1. The molecule has 1 fully saturated rings. The van der Waals surface area contributed by atoms with Crippen LogP contribution in [0.5, 0.6) is 17.2 Å². The van der Waals surface area contributed by atoms with E-state index in [4.69, 9.17) is 43.6 Å². The number of ether oxygens (including phenoxy) is 3. The Kier molecular flexibility index (Phi) is 7.34. The molecule has 0 saturated carbocycles. The zero-order valence-corrected chi connectivity index (χ0v) is 22.3. The van der Waals surface area contributed by atoms with Gasteiger partial charge in [0.25, 0.3) is 0 Å². The highest BCUT2D eigenvalue weighted by atomic mass is 33.7. The average molecular weight is 556 g/mol. The fourth-order valence-electron chi connectivity index (χ4n) is 2.92. The number of hydrogen-bond donors (Lipinski definition) is 2. The number of methoxy groups -OCH3 is 1. The summed E-state index contributed by atoms with van der Waals surface area (Å²) in [5, 5.41) is 12.0. The molecule has 1 saturated heterocycles. The molecule has 0 spiro atoms. The third-order valence-electron chi connectivity index (χ3n) is 4.63. The molecule has 3 N–H and O–H groups in total. The summed E-state index contributed by atoms with van der Waals surface area (Å²) < 4.78 is 12.1. The lowest BCUT2D eigenvalue weighted by molar-refractivity contribution is 0.0151. The van der Waals surface area contributed by atoms with E-state index in [9.17, 15) is 9.90 Å². The molecule has 1 heterocycles. The molecule has 3 aromatic carbocycles. The van der Waals surface area contributed by atoms with Gasteiger partial charge in [-0.05, 0) is 60.7 Å². The lowest BCUT2D eigenvalue weighted by atomic mass is 10.2. The summed E-state index contributed by atoms with van der Waals surface area (Å²) in [7, 11) is 1.64. The minimum Gasteiger partial charge on any atom is -0.507 e. The Balaban J connectivity index is 1.33. The van der Waals surface area contributed by atoms with Gasteiger partial charge in [0.15, 0.2) is 0 Å². The van der Waals surface area contributed by atoms with E-state index in [1.807, 2.05) is 36.4 Å². The largest absolute Gasteiger partial charge is 0.507 e. The third kappa shape index (κ3) is 5.37. The monoisotopic (exact) mass is 555 g/mol. The first-order valence-electron chi connectivity index (χ1n) is 9.49. The summed E-state index contributed by atoms with van der Waals surface area (Å²) in [5.41, 5.74) is 5.93. The van der Waals surface area contributed by atoms with E-state index in [-0.39, 0.29) is 18.1 Å². The van der Waals surface area contributed by atoms with Gasteiger partial charge in [0.2, 0.25) is 6.79 Å². The van der Waals surface area contributed by atoms with Crippen molar-refractivity contribution >= 4 is 76.8 Å². The number of benzene rings is 3. The molecule has 33 heavy (non-hydrogen) atoms. The quantitative estimate of drug-likeness (QED) is 0.175. The summed E-state index contributed by atoms with van der Waals surface area (Å²) in [4.78, 5) is 12.1. The van der Waals surface area contributed by atoms with Crippen LogP contribution in [0, 0.1) is 0 Å². The van der Waals surface area contributed by atoms with Crippen LogP contribution in [0.25, 0.3) is 0 Å². The van der Waals surface area contributed by atoms with Gasteiger partial charge in [0, 0.05) is 22.4 Å². The standard InChI is InChI=1S/C21H19NO5P2S4/c1-25-15-3-7-17(8-4-15)28(30)32-29(31,33-28)18-9-5-16(6-10-18)26-13-27-21(24)19-11-2-14(22)12-20(19)23/h2-12,23H,13,22H2,1H3. The minimum absolute atomic E-state index is 0.0209. The number of anilines is 1. The maximum Gasteiger partial charge on any atom is 0.344 e. The number of nitrogen functional groups attached to an aromatic ring is 1. The van der Waals surface area contributed by atoms with E-state index >= 15 is 0 Å². The number of rotatable bonds is 7. The molecule has 0 bridgehead atoms. The van der Waals surface area contributed by atoms with Gasteiger partial charge < -0.3 is 25.1 Å². The van der Waals surface area contributed by atoms with Crippen molar-refractivity contribution in [1.82, 2.24) is 0 Å². The molecule has 1 aliphatic heterocycles. The van der Waals surface area contributed by atoms with Crippen molar-refractivity contribution in [2.75, 3.05) is 19.6 Å². The predicted molar refractivity (Wildman–Crippen MR) is 146 cm³/mol. The molecule has 12 heteroatoms. The molecule has 0 unspecified atom stereocenters. The Bertz CT molecular complexity index is 1270. The molecular formula is C21H19NO5P2S4. The summed E-state index contributed by atoms with van der Waals surface area (Å²) in [6.45, 7) is -0.294. The van der Waals surface area contributed by atoms with E-state index in [0.29, 0.717) is 11.4 Å². The van der Waals surface area contributed by atoms with Crippen LogP contribution in [-0.4, -0.2) is 25.0 Å². The first kappa shape index (κ1) is 24.5. The Labute approximate surface area is 209 Å². The molecule has 4 rings (SSSR count). The molecule has 0 radical (unpaired) electrons. The molecule has 3 aromatic rings. The molecule has 1 aliphatic rings. The van der Waals surface area contributed by atoms with Gasteiger partial charge in [-0.2, -0.15) is 0 Å². The minimum atomic E-state index is -1.86. The number of hydrogen-bond acceptors (Lipinski definition) is 10. The Morgan fingerprint density at radius 1 is 0.939 bits per heavy atom. The average Bonchev–Trinajstić information content (AvgIpc) is 2.78. The first-order valence-corrected chi connectivity index (χ1v) is 19.1. The van der Waals surface area contributed by atoms with Gasteiger partial charge in [-0.15, -0.1) is 0 Å². The van der Waals surface area contributed by atoms with Crippen molar-refractivity contribution < 1.29 is 24.1 Å². The fourth-order valence-corrected chi connectivity index (χ4v) is 45.2. The van der Waals surface area contributed by atoms with Gasteiger partial charge in [-0.1, -0.05) is 45.6 Å². The highest BCUT2D eigenvalue weighted by Gasteiger charge is 2.45. The van der Waals surface area contributed by atoms with Gasteiger partial charge in [0.1, 0.15) is 22.8 Å². The predicted octanol–water partition coefficient (Wildman–Crippen LogP) is 5.23. The number of esters is 1. The van der Waals surface area contributed by atoms with E-state index in [1.54, 1.807) is 41.2 Å². The molecule has 0 amide bonds. The lowest BCUT2D eigenvalue weighted by Crippen LogP contribution is -2.12. The van der Waals surface area contributed by atoms with Crippen molar-refractivity contribution in [3.63, 3.8) is 0 Å². The summed E-state index contributed by atoms with van der Waals surface area (Å²) in [6, 6.07) is 19.6. The number of nitrogens with two attached hydrogens (primary N) is 1. The van der Waals surface area contributed by atoms with Crippen LogP contribution in [0.4, 0.5) is 5.69 Å². The second kappa shape index (κ2) is 9.90. The normalized spacial score (nSPS) is 21.6. The summed E-state index contributed by atoms with van der Waals surface area (Å²) in [6.07, 6.45) is 0. The van der Waals surface area contributed by atoms with Crippen LogP contribution in [0.3, 0.4) is 0 Å². The van der Waals surface area contributed by atoms with Crippen molar-refractivity contribution in [2.45, 2.75) is 0 Å². The van der Waals surface area contributed by atoms with Crippen molar-refractivity contribution in [1.29, 1.82) is 0 Å². The number of carbonyl (C=O) groups excluding carboxylic acids is 1. The zero-order chi connectivity index (χ0) is 23.6. The second-order valence-electron chi connectivity index (χ2n) is 6.82.